The van der Waals surface area contributed by atoms with Crippen molar-refractivity contribution in [3.8, 4) is 5.88 Å². The highest BCUT2D eigenvalue weighted by Crippen LogP contribution is 2.30. The number of aliphatic hydroxyl groups excluding tert-OH is 1. The minimum Gasteiger partial charge on any atom is -0.474 e. The molecule has 0 amide bonds. The molecule has 0 fully saturated rings. The fourth-order valence-corrected chi connectivity index (χ4v) is 2.70. The van der Waals surface area contributed by atoms with Gasteiger partial charge in [0.15, 0.2) is 0 Å². The van der Waals surface area contributed by atoms with Gasteiger partial charge in [-0.3, -0.25) is 0 Å². The number of aryl methyl sites for hydroxylation is 1. The largest absolute Gasteiger partial charge is 0.474 e. The van der Waals surface area contributed by atoms with Gasteiger partial charge in [0, 0.05) is 11.9 Å². The quantitative estimate of drug-likeness (QED) is 0.827. The zero-order valence-electron chi connectivity index (χ0n) is 11.7. The third-order valence-corrected chi connectivity index (χ3v) is 3.73. The molecule has 1 heterocycles. The van der Waals surface area contributed by atoms with Crippen LogP contribution in [0, 0.1) is 6.92 Å². The first kappa shape index (κ1) is 14.9. The second-order valence-corrected chi connectivity index (χ2v) is 5.77. The number of aliphatic hydroxyl groups is 1. The smallest absolute Gasteiger partial charge is 0.227 e. The number of aromatic nitrogens is 1. The fourth-order valence-electron chi connectivity index (χ4n) is 1.68. The first-order chi connectivity index (χ1) is 9.65. The number of pyridine rings is 1. The van der Waals surface area contributed by atoms with Gasteiger partial charge in [-0.25, -0.2) is 4.98 Å². The molecule has 0 aliphatic rings. The van der Waals surface area contributed by atoms with Crippen LogP contribution in [0.15, 0.2) is 47.5 Å². The number of hydrogen-bond acceptors (Lipinski definition) is 4. The molecule has 1 aromatic carbocycles. The minimum absolute atomic E-state index is 0.259. The number of ether oxygens (including phenoxy) is 1. The van der Waals surface area contributed by atoms with Crippen molar-refractivity contribution in [3.05, 3.63) is 53.7 Å². The molecule has 2 aromatic rings. The van der Waals surface area contributed by atoms with Gasteiger partial charge in [-0.05, 0) is 31.0 Å². The molecule has 106 valence electrons. The summed E-state index contributed by atoms with van der Waals surface area (Å²) in [6.07, 6.45) is 1.29. The van der Waals surface area contributed by atoms with Crippen LogP contribution in [-0.2, 0) is 5.75 Å². The first-order valence-corrected chi connectivity index (χ1v) is 7.58. The summed E-state index contributed by atoms with van der Waals surface area (Å²) in [6, 6.07) is 12.4. The summed E-state index contributed by atoms with van der Waals surface area (Å²) in [6.45, 7) is 3.97. The Morgan fingerprint density at radius 2 is 2.05 bits per heavy atom. The van der Waals surface area contributed by atoms with Gasteiger partial charge in [-0.1, -0.05) is 30.3 Å². The molecule has 4 heteroatoms. The van der Waals surface area contributed by atoms with Crippen molar-refractivity contribution in [3.63, 3.8) is 0 Å². The third-order valence-electron chi connectivity index (χ3n) is 2.65. The van der Waals surface area contributed by atoms with Crippen molar-refractivity contribution < 1.29 is 9.84 Å². The van der Waals surface area contributed by atoms with Gasteiger partial charge < -0.3 is 9.84 Å². The zero-order valence-corrected chi connectivity index (χ0v) is 12.6. The molecular weight excluding hydrogens is 270 g/mol. The molecule has 2 rings (SSSR count). The molecule has 0 radical (unpaired) electrons. The van der Waals surface area contributed by atoms with Crippen LogP contribution in [0.5, 0.6) is 5.88 Å². The summed E-state index contributed by atoms with van der Waals surface area (Å²) in [4.78, 5) is 5.32. The molecule has 1 atom stereocenters. The summed E-state index contributed by atoms with van der Waals surface area (Å²) in [5.41, 5.74) is 2.37. The van der Waals surface area contributed by atoms with Gasteiger partial charge >= 0.3 is 0 Å². The molecule has 0 aliphatic carbocycles. The minimum atomic E-state index is -0.495. The van der Waals surface area contributed by atoms with Gasteiger partial charge in [0.2, 0.25) is 5.88 Å². The topological polar surface area (TPSA) is 42.4 Å². The Kier molecular flexibility index (Phi) is 5.44. The van der Waals surface area contributed by atoms with E-state index in [-0.39, 0.29) is 6.61 Å². The molecule has 3 nitrogen and oxygen atoms in total. The van der Waals surface area contributed by atoms with Crippen LogP contribution in [0.1, 0.15) is 18.1 Å². The van der Waals surface area contributed by atoms with Crippen LogP contribution in [0.2, 0.25) is 0 Å². The predicted molar refractivity (Wildman–Crippen MR) is 82.2 cm³/mol. The van der Waals surface area contributed by atoms with Crippen molar-refractivity contribution in [2.75, 3.05) is 6.61 Å². The lowest BCUT2D eigenvalue weighted by Gasteiger charge is -2.12. The first-order valence-electron chi connectivity index (χ1n) is 6.59. The lowest BCUT2D eigenvalue weighted by Crippen LogP contribution is -2.13. The third kappa shape index (κ3) is 4.54. The van der Waals surface area contributed by atoms with E-state index in [2.05, 4.69) is 23.2 Å². The van der Waals surface area contributed by atoms with Gasteiger partial charge in [-0.15, -0.1) is 11.8 Å². The predicted octanol–water partition coefficient (Wildman–Crippen LogP) is 3.44. The van der Waals surface area contributed by atoms with E-state index in [0.29, 0.717) is 5.88 Å². The molecule has 0 saturated carbocycles. The van der Waals surface area contributed by atoms with Gasteiger partial charge in [0.1, 0.15) is 6.61 Å². The number of hydrogen-bond donors (Lipinski definition) is 1. The fraction of sp³-hybridized carbons (Fsp3) is 0.312. The van der Waals surface area contributed by atoms with E-state index in [4.69, 9.17) is 4.74 Å². The van der Waals surface area contributed by atoms with Crippen molar-refractivity contribution in [2.24, 2.45) is 0 Å². The molecule has 0 aliphatic heterocycles. The molecule has 1 aromatic heterocycles. The number of benzene rings is 1. The summed E-state index contributed by atoms with van der Waals surface area (Å²) in [5, 5.41) is 9.31. The SMILES string of the molecule is Cc1cnc(OC[C@@H](C)O)c(SCc2ccccc2)c1. The van der Waals surface area contributed by atoms with Gasteiger partial charge in [-0.2, -0.15) is 0 Å². The summed E-state index contributed by atoms with van der Waals surface area (Å²) in [5.74, 6) is 1.47. The zero-order chi connectivity index (χ0) is 14.4. The number of nitrogens with zero attached hydrogens (tertiary/aromatic N) is 1. The van der Waals surface area contributed by atoms with E-state index in [0.717, 1.165) is 16.2 Å². The maximum absolute atomic E-state index is 9.31. The number of thioether (sulfide) groups is 1. The maximum Gasteiger partial charge on any atom is 0.227 e. The highest BCUT2D eigenvalue weighted by Gasteiger charge is 2.08. The average molecular weight is 289 g/mol. The highest BCUT2D eigenvalue weighted by molar-refractivity contribution is 7.98. The molecule has 0 saturated heterocycles. The Morgan fingerprint density at radius 3 is 2.75 bits per heavy atom. The van der Waals surface area contributed by atoms with Crippen molar-refractivity contribution in [2.45, 2.75) is 30.6 Å². The van der Waals surface area contributed by atoms with Crippen molar-refractivity contribution >= 4 is 11.8 Å². The molecule has 0 unspecified atom stereocenters. The second kappa shape index (κ2) is 7.31. The lowest BCUT2D eigenvalue weighted by molar-refractivity contribution is 0.118. The van der Waals surface area contributed by atoms with Gasteiger partial charge in [0.05, 0.1) is 11.0 Å². The Labute approximate surface area is 124 Å². The monoisotopic (exact) mass is 289 g/mol. The van der Waals surface area contributed by atoms with Crippen LogP contribution in [0.25, 0.3) is 0 Å². The Balaban J connectivity index is 2.07. The Hall–Kier alpha value is -1.52. The normalized spacial score (nSPS) is 12.2. The van der Waals surface area contributed by atoms with Crippen LogP contribution in [0.4, 0.5) is 0 Å². The molecule has 0 spiro atoms. The van der Waals surface area contributed by atoms with E-state index in [9.17, 15) is 5.11 Å². The van der Waals surface area contributed by atoms with Crippen molar-refractivity contribution in [1.82, 2.24) is 4.98 Å². The Morgan fingerprint density at radius 1 is 1.30 bits per heavy atom. The van der Waals surface area contributed by atoms with Crippen LogP contribution in [-0.4, -0.2) is 22.8 Å². The van der Waals surface area contributed by atoms with Gasteiger partial charge in [0.25, 0.3) is 0 Å². The average Bonchev–Trinajstić information content (AvgIpc) is 2.45. The summed E-state index contributed by atoms with van der Waals surface area (Å²) in [7, 11) is 0. The second-order valence-electron chi connectivity index (χ2n) is 4.75. The Bertz CT molecular complexity index is 543. The molecular formula is C16H19NO2S. The van der Waals surface area contributed by atoms with E-state index >= 15 is 0 Å². The lowest BCUT2D eigenvalue weighted by atomic mass is 10.2. The van der Waals surface area contributed by atoms with Crippen LogP contribution >= 0.6 is 11.8 Å². The molecule has 20 heavy (non-hydrogen) atoms. The van der Waals surface area contributed by atoms with Crippen molar-refractivity contribution in [1.29, 1.82) is 0 Å². The van der Waals surface area contributed by atoms with E-state index in [1.54, 1.807) is 24.9 Å². The highest BCUT2D eigenvalue weighted by atomic mass is 32.2. The number of rotatable bonds is 6. The van der Waals surface area contributed by atoms with Crippen LogP contribution in [0.3, 0.4) is 0 Å². The van der Waals surface area contributed by atoms with E-state index in [1.807, 2.05) is 25.1 Å². The molecule has 1 N–H and O–H groups in total. The van der Waals surface area contributed by atoms with Crippen LogP contribution < -0.4 is 4.74 Å². The molecule has 0 bridgehead atoms. The standard InChI is InChI=1S/C16H19NO2S/c1-12-8-15(16(17-9-12)19-10-13(2)18)20-11-14-6-4-3-5-7-14/h3-9,13,18H,10-11H2,1-2H3/t13-/m1/s1. The summed E-state index contributed by atoms with van der Waals surface area (Å²) < 4.78 is 5.56. The van der Waals surface area contributed by atoms with E-state index in [1.165, 1.54) is 5.56 Å². The maximum atomic E-state index is 9.31. The summed E-state index contributed by atoms with van der Waals surface area (Å²) >= 11 is 1.70. The van der Waals surface area contributed by atoms with E-state index < -0.39 is 6.10 Å².